The highest BCUT2D eigenvalue weighted by Gasteiger charge is 2.45. The van der Waals surface area contributed by atoms with Gasteiger partial charge in [0.05, 0.1) is 36.4 Å². The van der Waals surface area contributed by atoms with Crippen LogP contribution in [0.5, 0.6) is 5.75 Å². The molecule has 0 spiro atoms. The minimum Gasteiger partial charge on any atom is -0.493 e. The molecule has 3 amide bonds. The summed E-state index contributed by atoms with van der Waals surface area (Å²) in [5.74, 6) is -0.114. The lowest BCUT2D eigenvalue weighted by Crippen LogP contribution is -2.57. The molecule has 3 aromatic rings. The molecule has 14 heteroatoms. The van der Waals surface area contributed by atoms with Gasteiger partial charge in [-0.05, 0) is 67.4 Å². The monoisotopic (exact) mass is 705 g/mol. The smallest absolute Gasteiger partial charge is 0.416 e. The van der Waals surface area contributed by atoms with Gasteiger partial charge in [-0.25, -0.2) is 4.79 Å². The van der Waals surface area contributed by atoms with E-state index in [0.717, 1.165) is 17.7 Å². The van der Waals surface area contributed by atoms with Crippen LogP contribution in [0.15, 0.2) is 71.7 Å². The third-order valence-electron chi connectivity index (χ3n) is 8.47. The van der Waals surface area contributed by atoms with Gasteiger partial charge in [-0.15, -0.1) is 0 Å². The number of aliphatic imine (C=N–C) groups is 1. The predicted octanol–water partition coefficient (Wildman–Crippen LogP) is 6.19. The van der Waals surface area contributed by atoms with Gasteiger partial charge in [-0.2, -0.15) is 13.2 Å². The molecule has 2 aliphatic heterocycles. The number of aliphatic hydroxyl groups excluding tert-OH is 1. The van der Waals surface area contributed by atoms with Gasteiger partial charge in [0.25, 0.3) is 0 Å². The minimum absolute atomic E-state index is 0.0528. The largest absolute Gasteiger partial charge is 0.493 e. The molecule has 0 saturated carbocycles. The van der Waals surface area contributed by atoms with Gasteiger partial charge < -0.3 is 20.1 Å². The lowest BCUT2D eigenvalue weighted by molar-refractivity contribution is -0.137. The lowest BCUT2D eigenvalue weighted by Gasteiger charge is -2.40. The Morgan fingerprint density at radius 2 is 1.58 bits per heavy atom. The molecule has 48 heavy (non-hydrogen) atoms. The predicted molar refractivity (Wildman–Crippen MR) is 177 cm³/mol. The standard InChI is InChI=1S/C34H36Cl2F3N5O4/c1-3-48-28-20-24(34(37,38)39)8-13-27(28)31-41-29(22-4-9-25(35)10-5-22)30(23-6-11-26(36)12-7-23)44(31)33(47)43-17-15-42(16-18-43)21(2)32(46)40-14-19-45/h4-13,20-21,29-30,45H,3,14-19H2,1-2H3,(H,40,46). The normalized spacial score (nSPS) is 19.2. The number of alkyl halides is 3. The van der Waals surface area contributed by atoms with Gasteiger partial charge in [-0.1, -0.05) is 47.5 Å². The van der Waals surface area contributed by atoms with Crippen LogP contribution in [0.25, 0.3) is 0 Å². The fourth-order valence-corrected chi connectivity index (χ4v) is 6.21. The molecular weight excluding hydrogens is 670 g/mol. The van der Waals surface area contributed by atoms with Crippen LogP contribution in [-0.4, -0.2) is 89.6 Å². The van der Waals surface area contributed by atoms with E-state index in [4.69, 9.17) is 38.0 Å². The summed E-state index contributed by atoms with van der Waals surface area (Å²) in [6, 6.07) is 15.0. The summed E-state index contributed by atoms with van der Waals surface area (Å²) in [6.45, 7) is 4.86. The molecule has 2 heterocycles. The molecule has 3 atom stereocenters. The summed E-state index contributed by atoms with van der Waals surface area (Å²) in [6.07, 6.45) is -4.61. The molecular formula is C34H36Cl2F3N5O4. The Morgan fingerprint density at radius 1 is 0.979 bits per heavy atom. The van der Waals surface area contributed by atoms with Crippen LogP contribution in [0.3, 0.4) is 0 Å². The van der Waals surface area contributed by atoms with Crippen molar-refractivity contribution in [3.05, 3.63) is 99.0 Å². The number of piperazine rings is 1. The average molecular weight is 707 g/mol. The fourth-order valence-electron chi connectivity index (χ4n) is 5.96. The number of amidine groups is 1. The van der Waals surface area contributed by atoms with Crippen molar-refractivity contribution in [2.45, 2.75) is 38.1 Å². The Morgan fingerprint density at radius 3 is 2.15 bits per heavy atom. The molecule has 2 N–H and O–H groups in total. The number of nitrogens with one attached hydrogen (secondary N) is 1. The van der Waals surface area contributed by atoms with Crippen LogP contribution in [0, 0.1) is 0 Å². The average Bonchev–Trinajstić information content (AvgIpc) is 3.47. The summed E-state index contributed by atoms with van der Waals surface area (Å²) in [4.78, 5) is 37.4. The van der Waals surface area contributed by atoms with Crippen LogP contribution < -0.4 is 10.1 Å². The van der Waals surface area contributed by atoms with Crippen molar-refractivity contribution in [3.8, 4) is 5.75 Å². The van der Waals surface area contributed by atoms with Gasteiger partial charge in [-0.3, -0.25) is 19.6 Å². The van der Waals surface area contributed by atoms with Crippen LogP contribution >= 0.6 is 23.2 Å². The van der Waals surface area contributed by atoms with E-state index in [9.17, 15) is 22.8 Å². The van der Waals surface area contributed by atoms with Crippen molar-refractivity contribution in [1.29, 1.82) is 0 Å². The Kier molecular flexibility index (Phi) is 11.2. The van der Waals surface area contributed by atoms with Crippen LogP contribution in [0.1, 0.15) is 48.2 Å². The third kappa shape index (κ3) is 7.72. The molecule has 9 nitrogen and oxygen atoms in total. The number of benzene rings is 3. The molecule has 2 aliphatic rings. The van der Waals surface area contributed by atoms with Crippen molar-refractivity contribution in [2.75, 3.05) is 45.9 Å². The van der Waals surface area contributed by atoms with Gasteiger partial charge in [0.2, 0.25) is 5.91 Å². The van der Waals surface area contributed by atoms with E-state index < -0.39 is 35.9 Å². The first-order chi connectivity index (χ1) is 22.9. The molecule has 1 saturated heterocycles. The van der Waals surface area contributed by atoms with Crippen LogP contribution in [0.4, 0.5) is 18.0 Å². The van der Waals surface area contributed by atoms with Crippen molar-refractivity contribution < 1.29 is 32.6 Å². The number of urea groups is 1. The summed E-state index contributed by atoms with van der Waals surface area (Å²) >= 11 is 12.5. The molecule has 3 aromatic carbocycles. The Bertz CT molecular complexity index is 1630. The van der Waals surface area contributed by atoms with Crippen molar-refractivity contribution in [3.63, 3.8) is 0 Å². The van der Waals surface area contributed by atoms with E-state index >= 15 is 0 Å². The Labute approximate surface area is 286 Å². The number of hydrogen-bond acceptors (Lipinski definition) is 6. The Hall–Kier alpha value is -3.84. The van der Waals surface area contributed by atoms with Crippen LogP contribution in [0.2, 0.25) is 10.0 Å². The van der Waals surface area contributed by atoms with E-state index in [1.807, 2.05) is 17.0 Å². The van der Waals surface area contributed by atoms with E-state index in [2.05, 4.69) is 5.32 Å². The third-order valence-corrected chi connectivity index (χ3v) is 8.97. The zero-order chi connectivity index (χ0) is 34.6. The second-order valence-corrected chi connectivity index (χ2v) is 12.3. The van der Waals surface area contributed by atoms with E-state index in [0.29, 0.717) is 28.7 Å². The fraction of sp³-hybridized carbons (Fsp3) is 0.382. The maximum Gasteiger partial charge on any atom is 0.416 e. The van der Waals surface area contributed by atoms with Crippen molar-refractivity contribution in [1.82, 2.24) is 20.0 Å². The summed E-state index contributed by atoms with van der Waals surface area (Å²) < 4.78 is 47.1. The lowest BCUT2D eigenvalue weighted by atomic mass is 9.93. The second-order valence-electron chi connectivity index (χ2n) is 11.5. The number of rotatable bonds is 9. The number of ether oxygens (including phenoxy) is 1. The number of aliphatic hydroxyl groups is 1. The zero-order valence-corrected chi connectivity index (χ0v) is 27.9. The topological polar surface area (TPSA) is 97.7 Å². The number of hydrogen-bond donors (Lipinski definition) is 2. The highest BCUT2D eigenvalue weighted by atomic mass is 35.5. The number of carbonyl (C=O) groups is 2. The molecule has 0 radical (unpaired) electrons. The maximum atomic E-state index is 14.7. The molecule has 256 valence electrons. The minimum atomic E-state index is -4.61. The molecule has 3 unspecified atom stereocenters. The summed E-state index contributed by atoms with van der Waals surface area (Å²) in [7, 11) is 0. The number of amides is 3. The van der Waals surface area contributed by atoms with Gasteiger partial charge in [0.1, 0.15) is 17.6 Å². The number of halogens is 5. The molecule has 5 rings (SSSR count). The quantitative estimate of drug-likeness (QED) is 0.277. The molecule has 1 fully saturated rings. The maximum absolute atomic E-state index is 14.7. The van der Waals surface area contributed by atoms with E-state index in [1.54, 1.807) is 55.1 Å². The van der Waals surface area contributed by atoms with Crippen molar-refractivity contribution >= 4 is 41.0 Å². The van der Waals surface area contributed by atoms with Crippen LogP contribution in [-0.2, 0) is 11.0 Å². The SMILES string of the molecule is CCOc1cc(C(F)(F)F)ccc1C1=NC(c2ccc(Cl)cc2)C(c2ccc(Cl)cc2)N1C(=O)N1CCN(C(C)C(=O)NCCO)CC1. The first-order valence-electron chi connectivity index (χ1n) is 15.6. The van der Waals surface area contributed by atoms with E-state index in [1.165, 1.54) is 11.0 Å². The molecule has 0 aliphatic carbocycles. The summed E-state index contributed by atoms with van der Waals surface area (Å²) in [5.41, 5.74) is 0.804. The van der Waals surface area contributed by atoms with Gasteiger partial charge in [0, 0.05) is 42.8 Å². The first kappa shape index (κ1) is 35.5. The number of nitrogens with zero attached hydrogens (tertiary/aromatic N) is 4. The van der Waals surface area contributed by atoms with Crippen molar-refractivity contribution in [2.24, 2.45) is 4.99 Å². The highest BCUT2D eigenvalue weighted by molar-refractivity contribution is 6.30. The highest BCUT2D eigenvalue weighted by Crippen LogP contribution is 2.46. The van der Waals surface area contributed by atoms with E-state index in [-0.39, 0.29) is 55.9 Å². The van der Waals surface area contributed by atoms with Gasteiger partial charge in [0.15, 0.2) is 0 Å². The number of carbonyl (C=O) groups excluding carboxylic acids is 2. The second kappa shape index (κ2) is 15.1. The molecule has 0 bridgehead atoms. The first-order valence-corrected chi connectivity index (χ1v) is 16.3. The zero-order valence-electron chi connectivity index (χ0n) is 26.4. The summed E-state index contributed by atoms with van der Waals surface area (Å²) in [5, 5.41) is 12.8. The molecule has 0 aromatic heterocycles. The van der Waals surface area contributed by atoms with Gasteiger partial charge >= 0.3 is 12.2 Å². The Balaban J connectivity index is 1.57.